The maximum Gasteiger partial charge on any atom is 0.271 e. The van der Waals surface area contributed by atoms with Crippen LogP contribution in [0.3, 0.4) is 0 Å². The van der Waals surface area contributed by atoms with Crippen molar-refractivity contribution >= 4 is 22.2 Å². The van der Waals surface area contributed by atoms with Crippen LogP contribution in [0.15, 0.2) is 46.8 Å². The first kappa shape index (κ1) is 15.1. The molecule has 4 rings (SSSR count). The smallest absolute Gasteiger partial charge is 0.271 e. The van der Waals surface area contributed by atoms with Crippen molar-refractivity contribution in [1.29, 1.82) is 0 Å². The molecule has 122 valence electrons. The second-order valence-corrected chi connectivity index (χ2v) is 7.06. The summed E-state index contributed by atoms with van der Waals surface area (Å²) < 4.78 is 1.44. The van der Waals surface area contributed by atoms with Crippen LogP contribution >= 0.6 is 11.3 Å². The van der Waals surface area contributed by atoms with E-state index < -0.39 is 0 Å². The molecular formula is C18H17N3O2S. The summed E-state index contributed by atoms with van der Waals surface area (Å²) in [4.78, 5) is 32.2. The molecule has 3 aromatic rings. The Hall–Kier alpha value is -2.47. The Morgan fingerprint density at radius 2 is 2.25 bits per heavy atom. The molecule has 1 aliphatic carbocycles. The number of carbonyl (C=O) groups excluding carboxylic acids is 1. The van der Waals surface area contributed by atoms with Gasteiger partial charge in [-0.1, -0.05) is 29.8 Å². The lowest BCUT2D eigenvalue weighted by Gasteiger charge is -2.22. The Balaban J connectivity index is 1.68. The van der Waals surface area contributed by atoms with Gasteiger partial charge in [0.2, 0.25) is 0 Å². The van der Waals surface area contributed by atoms with E-state index in [-0.39, 0.29) is 23.1 Å². The predicted molar refractivity (Wildman–Crippen MR) is 93.4 cm³/mol. The number of nitrogens with zero attached hydrogens (tertiary/aromatic N) is 3. The number of aromatic nitrogens is 2. The first-order valence-corrected chi connectivity index (χ1v) is 8.83. The van der Waals surface area contributed by atoms with Gasteiger partial charge in [0, 0.05) is 30.4 Å². The number of fused-ring (bicyclic) bond motifs is 1. The number of thiazole rings is 1. The van der Waals surface area contributed by atoms with Crippen LogP contribution in [0, 0.1) is 6.92 Å². The van der Waals surface area contributed by atoms with E-state index in [2.05, 4.69) is 11.1 Å². The summed E-state index contributed by atoms with van der Waals surface area (Å²) in [6.45, 7) is 2.56. The summed E-state index contributed by atoms with van der Waals surface area (Å²) in [6, 6.07) is 8.35. The molecule has 2 heterocycles. The molecule has 6 heteroatoms. The van der Waals surface area contributed by atoms with E-state index in [0.717, 1.165) is 24.0 Å². The van der Waals surface area contributed by atoms with Gasteiger partial charge in [0.1, 0.15) is 5.56 Å². The number of rotatable bonds is 4. The molecular weight excluding hydrogens is 322 g/mol. The highest BCUT2D eigenvalue weighted by molar-refractivity contribution is 7.15. The predicted octanol–water partition coefficient (Wildman–Crippen LogP) is 2.87. The van der Waals surface area contributed by atoms with Crippen molar-refractivity contribution in [3.05, 3.63) is 69.1 Å². The lowest BCUT2D eigenvalue weighted by Crippen LogP contribution is -2.36. The SMILES string of the molecule is Cc1cccc(CN(C(=O)c2cnc3sccn3c2=O)C2CC2)c1. The third-order valence-electron chi connectivity index (χ3n) is 4.26. The number of hydrogen-bond donors (Lipinski definition) is 0. The average molecular weight is 339 g/mol. The second-order valence-electron chi connectivity index (χ2n) is 6.19. The third-order valence-corrected chi connectivity index (χ3v) is 5.03. The molecule has 0 unspecified atom stereocenters. The van der Waals surface area contributed by atoms with E-state index in [9.17, 15) is 9.59 Å². The van der Waals surface area contributed by atoms with Gasteiger partial charge in [-0.3, -0.25) is 14.0 Å². The topological polar surface area (TPSA) is 54.7 Å². The van der Waals surface area contributed by atoms with Gasteiger partial charge >= 0.3 is 0 Å². The molecule has 1 saturated carbocycles. The van der Waals surface area contributed by atoms with Gasteiger partial charge in [-0.25, -0.2) is 4.98 Å². The largest absolute Gasteiger partial charge is 0.331 e. The summed E-state index contributed by atoms with van der Waals surface area (Å²) in [5.41, 5.74) is 2.10. The molecule has 1 aromatic carbocycles. The molecule has 0 saturated heterocycles. The Bertz CT molecular complexity index is 972. The molecule has 0 aliphatic heterocycles. The van der Waals surface area contributed by atoms with Gasteiger partial charge in [0.15, 0.2) is 4.96 Å². The van der Waals surface area contributed by atoms with E-state index in [1.54, 1.807) is 11.6 Å². The zero-order chi connectivity index (χ0) is 16.7. The quantitative estimate of drug-likeness (QED) is 0.734. The van der Waals surface area contributed by atoms with Gasteiger partial charge in [0.05, 0.1) is 0 Å². The number of benzene rings is 1. The molecule has 5 nitrogen and oxygen atoms in total. The summed E-state index contributed by atoms with van der Waals surface area (Å²) in [5, 5.41) is 1.80. The number of aryl methyl sites for hydroxylation is 1. The van der Waals surface area contributed by atoms with E-state index in [4.69, 9.17) is 0 Å². The van der Waals surface area contributed by atoms with Crippen molar-refractivity contribution in [3.8, 4) is 0 Å². The number of amides is 1. The normalized spacial score (nSPS) is 14.0. The van der Waals surface area contributed by atoms with Crippen LogP contribution in [-0.2, 0) is 6.54 Å². The van der Waals surface area contributed by atoms with Crippen LogP contribution in [0.1, 0.15) is 34.3 Å². The molecule has 1 amide bonds. The van der Waals surface area contributed by atoms with Crippen molar-refractivity contribution in [1.82, 2.24) is 14.3 Å². The molecule has 0 atom stereocenters. The minimum atomic E-state index is -0.291. The molecule has 0 spiro atoms. The molecule has 2 aromatic heterocycles. The van der Waals surface area contributed by atoms with Gasteiger partial charge in [0.25, 0.3) is 11.5 Å². The minimum Gasteiger partial charge on any atom is -0.331 e. The first-order valence-electron chi connectivity index (χ1n) is 7.95. The fourth-order valence-electron chi connectivity index (χ4n) is 2.89. The highest BCUT2D eigenvalue weighted by Crippen LogP contribution is 2.29. The minimum absolute atomic E-state index is 0.144. The van der Waals surface area contributed by atoms with Crippen LogP contribution in [0.25, 0.3) is 4.96 Å². The zero-order valence-electron chi connectivity index (χ0n) is 13.3. The van der Waals surface area contributed by atoms with Crippen molar-refractivity contribution in [2.75, 3.05) is 0 Å². The number of hydrogen-bond acceptors (Lipinski definition) is 4. The van der Waals surface area contributed by atoms with Gasteiger partial charge in [-0.05, 0) is 25.3 Å². The lowest BCUT2D eigenvalue weighted by molar-refractivity contribution is 0.0727. The van der Waals surface area contributed by atoms with Crippen LogP contribution < -0.4 is 5.56 Å². The fourth-order valence-corrected chi connectivity index (χ4v) is 3.56. The summed E-state index contributed by atoms with van der Waals surface area (Å²) in [5.74, 6) is -0.225. The van der Waals surface area contributed by atoms with E-state index >= 15 is 0 Å². The molecule has 1 fully saturated rings. The highest BCUT2D eigenvalue weighted by Gasteiger charge is 2.34. The fraction of sp³-hybridized carbons (Fsp3) is 0.278. The molecule has 0 radical (unpaired) electrons. The third kappa shape index (κ3) is 2.73. The second kappa shape index (κ2) is 5.87. The van der Waals surface area contributed by atoms with Crippen molar-refractivity contribution < 1.29 is 4.79 Å². The first-order chi connectivity index (χ1) is 11.6. The lowest BCUT2D eigenvalue weighted by atomic mass is 10.1. The summed E-state index contributed by atoms with van der Waals surface area (Å²) >= 11 is 1.38. The van der Waals surface area contributed by atoms with E-state index in [1.807, 2.05) is 30.0 Å². The van der Waals surface area contributed by atoms with Crippen molar-refractivity contribution in [2.24, 2.45) is 0 Å². The summed E-state index contributed by atoms with van der Waals surface area (Å²) in [6.07, 6.45) is 5.07. The highest BCUT2D eigenvalue weighted by atomic mass is 32.1. The standard InChI is InChI=1S/C18H17N3O2S/c1-12-3-2-4-13(9-12)11-21(14-5-6-14)17(23)15-10-19-18-20(16(15)22)7-8-24-18/h2-4,7-10,14H,5-6,11H2,1H3. The molecule has 24 heavy (non-hydrogen) atoms. The summed E-state index contributed by atoms with van der Waals surface area (Å²) in [7, 11) is 0. The van der Waals surface area contributed by atoms with Crippen LogP contribution in [0.4, 0.5) is 0 Å². The Morgan fingerprint density at radius 1 is 1.42 bits per heavy atom. The van der Waals surface area contributed by atoms with Crippen molar-refractivity contribution in [2.45, 2.75) is 32.4 Å². The molecule has 0 bridgehead atoms. The molecule has 0 N–H and O–H groups in total. The zero-order valence-corrected chi connectivity index (χ0v) is 14.1. The van der Waals surface area contributed by atoms with Gasteiger partial charge in [-0.2, -0.15) is 0 Å². The van der Waals surface area contributed by atoms with Crippen LogP contribution in [-0.4, -0.2) is 26.2 Å². The van der Waals surface area contributed by atoms with Crippen LogP contribution in [0.2, 0.25) is 0 Å². The Morgan fingerprint density at radius 3 is 3.00 bits per heavy atom. The number of carbonyl (C=O) groups is 1. The maximum absolute atomic E-state index is 13.0. The average Bonchev–Trinajstić information content (AvgIpc) is 3.29. The van der Waals surface area contributed by atoms with Gasteiger partial charge in [-0.15, -0.1) is 11.3 Å². The van der Waals surface area contributed by atoms with E-state index in [1.165, 1.54) is 21.9 Å². The monoisotopic (exact) mass is 339 g/mol. The van der Waals surface area contributed by atoms with E-state index in [0.29, 0.717) is 11.5 Å². The Labute approximate surface area is 143 Å². The molecule has 1 aliphatic rings. The Kier molecular flexibility index (Phi) is 3.69. The van der Waals surface area contributed by atoms with Gasteiger partial charge < -0.3 is 4.90 Å². The van der Waals surface area contributed by atoms with Crippen LogP contribution in [0.5, 0.6) is 0 Å². The maximum atomic E-state index is 13.0. The van der Waals surface area contributed by atoms with Crippen molar-refractivity contribution in [3.63, 3.8) is 0 Å².